The Morgan fingerprint density at radius 1 is 0.828 bits per heavy atom. The maximum atomic E-state index is 13.1. The highest BCUT2D eigenvalue weighted by Gasteiger charge is 2.34. The van der Waals surface area contributed by atoms with E-state index in [1.165, 1.54) is 28.8 Å². The van der Waals surface area contributed by atoms with Crippen LogP contribution in [-0.2, 0) is 4.79 Å². The van der Waals surface area contributed by atoms with Gasteiger partial charge in [0.05, 0.1) is 16.8 Å². The summed E-state index contributed by atoms with van der Waals surface area (Å²) in [6, 6.07) is 25.7. The fourth-order valence-electron chi connectivity index (χ4n) is 2.76. The normalized spacial score (nSPS) is 17.0. The zero-order valence-electron chi connectivity index (χ0n) is 15.3. The summed E-state index contributed by atoms with van der Waals surface area (Å²) in [6.07, 6.45) is 3.48. The van der Waals surface area contributed by atoms with Gasteiger partial charge in [-0.1, -0.05) is 60.7 Å². The van der Waals surface area contributed by atoms with Crippen molar-refractivity contribution in [3.63, 3.8) is 0 Å². The number of amides is 1. The van der Waals surface area contributed by atoms with Crippen molar-refractivity contribution in [2.45, 2.75) is 0 Å². The number of amidine groups is 1. The van der Waals surface area contributed by atoms with Crippen molar-refractivity contribution in [3.8, 4) is 5.75 Å². The lowest BCUT2D eigenvalue weighted by atomic mass is 10.2. The van der Waals surface area contributed by atoms with Crippen LogP contribution in [0.25, 0.3) is 6.08 Å². The van der Waals surface area contributed by atoms with Crippen LogP contribution in [0.4, 0.5) is 5.69 Å². The Hall–Kier alpha value is -3.64. The van der Waals surface area contributed by atoms with Crippen molar-refractivity contribution in [1.82, 2.24) is 0 Å². The van der Waals surface area contributed by atoms with Crippen LogP contribution in [0.5, 0.6) is 5.75 Å². The van der Waals surface area contributed by atoms with E-state index >= 15 is 0 Å². The molecule has 142 valence electrons. The number of carbonyl (C=O) groups is 1. The van der Waals surface area contributed by atoms with Crippen LogP contribution in [-0.4, -0.2) is 22.4 Å². The Labute approximate surface area is 172 Å². The van der Waals surface area contributed by atoms with E-state index < -0.39 is 0 Å². The fourth-order valence-corrected chi connectivity index (χ4v) is 3.69. The van der Waals surface area contributed by atoms with Gasteiger partial charge in [-0.25, -0.2) is 0 Å². The van der Waals surface area contributed by atoms with Gasteiger partial charge in [0.2, 0.25) is 5.17 Å². The SMILES string of the molecule is O=C1/C(=C/c2ccccc2)S/C(=N/N=C/c2ccccc2)N1c1ccc(O)cc1. The highest BCUT2D eigenvalue weighted by Crippen LogP contribution is 2.36. The summed E-state index contributed by atoms with van der Waals surface area (Å²) in [5, 5.41) is 18.5. The molecule has 3 aromatic rings. The van der Waals surface area contributed by atoms with E-state index in [0.29, 0.717) is 15.8 Å². The molecule has 0 spiro atoms. The molecule has 1 aliphatic rings. The maximum absolute atomic E-state index is 13.1. The van der Waals surface area contributed by atoms with Crippen LogP contribution in [0.3, 0.4) is 0 Å². The highest BCUT2D eigenvalue weighted by atomic mass is 32.2. The minimum absolute atomic E-state index is 0.133. The van der Waals surface area contributed by atoms with Crippen molar-refractivity contribution in [2.75, 3.05) is 4.90 Å². The van der Waals surface area contributed by atoms with Crippen LogP contribution >= 0.6 is 11.8 Å². The van der Waals surface area contributed by atoms with Crippen LogP contribution in [0.2, 0.25) is 0 Å². The summed E-state index contributed by atoms with van der Waals surface area (Å²) < 4.78 is 0. The molecule has 1 heterocycles. The molecule has 1 N–H and O–H groups in total. The number of rotatable bonds is 4. The molecule has 0 unspecified atom stereocenters. The number of hydrogen-bond acceptors (Lipinski definition) is 5. The molecule has 0 bridgehead atoms. The summed E-state index contributed by atoms with van der Waals surface area (Å²) >= 11 is 1.27. The average molecular weight is 399 g/mol. The predicted molar refractivity (Wildman–Crippen MR) is 119 cm³/mol. The van der Waals surface area contributed by atoms with E-state index in [1.807, 2.05) is 66.7 Å². The number of hydrogen-bond donors (Lipinski definition) is 1. The van der Waals surface area contributed by atoms with E-state index in [4.69, 9.17) is 0 Å². The molecule has 4 rings (SSSR count). The number of thioether (sulfide) groups is 1. The molecule has 0 aliphatic carbocycles. The maximum Gasteiger partial charge on any atom is 0.271 e. The Kier molecular flexibility index (Phi) is 5.54. The van der Waals surface area contributed by atoms with Gasteiger partial charge in [0.25, 0.3) is 5.91 Å². The molecule has 1 saturated heterocycles. The quantitative estimate of drug-likeness (QED) is 0.385. The summed E-state index contributed by atoms with van der Waals surface area (Å²) in [6.45, 7) is 0. The minimum Gasteiger partial charge on any atom is -0.508 e. The molecule has 0 aromatic heterocycles. The number of phenolic OH excluding ortho intramolecular Hbond substituents is 1. The van der Waals surface area contributed by atoms with Gasteiger partial charge in [0, 0.05) is 0 Å². The number of aromatic hydroxyl groups is 1. The van der Waals surface area contributed by atoms with E-state index in [9.17, 15) is 9.90 Å². The lowest BCUT2D eigenvalue weighted by Crippen LogP contribution is -2.28. The number of nitrogens with zero attached hydrogens (tertiary/aromatic N) is 3. The third kappa shape index (κ3) is 4.44. The van der Waals surface area contributed by atoms with Gasteiger partial charge < -0.3 is 5.11 Å². The number of carbonyl (C=O) groups excluding carboxylic acids is 1. The van der Waals surface area contributed by atoms with Crippen molar-refractivity contribution in [2.24, 2.45) is 10.2 Å². The zero-order chi connectivity index (χ0) is 20.1. The van der Waals surface area contributed by atoms with Gasteiger partial charge >= 0.3 is 0 Å². The monoisotopic (exact) mass is 399 g/mol. The topological polar surface area (TPSA) is 65.3 Å². The summed E-state index contributed by atoms with van der Waals surface area (Å²) in [5.41, 5.74) is 2.47. The first-order valence-corrected chi connectivity index (χ1v) is 9.76. The van der Waals surface area contributed by atoms with Gasteiger partial charge in [0.1, 0.15) is 5.75 Å². The third-order valence-electron chi connectivity index (χ3n) is 4.16. The second-order valence-corrected chi connectivity index (χ2v) is 7.23. The first-order chi connectivity index (χ1) is 14.2. The largest absolute Gasteiger partial charge is 0.508 e. The van der Waals surface area contributed by atoms with E-state index in [2.05, 4.69) is 10.2 Å². The zero-order valence-corrected chi connectivity index (χ0v) is 16.2. The molecular formula is C23H17N3O2S. The van der Waals surface area contributed by atoms with Gasteiger partial charge in [-0.2, -0.15) is 5.10 Å². The van der Waals surface area contributed by atoms with Crippen LogP contribution < -0.4 is 4.90 Å². The van der Waals surface area contributed by atoms with Crippen molar-refractivity contribution < 1.29 is 9.90 Å². The number of phenols is 1. The summed E-state index contributed by atoms with van der Waals surface area (Å²) in [7, 11) is 0. The van der Waals surface area contributed by atoms with Crippen molar-refractivity contribution in [3.05, 3.63) is 101 Å². The second kappa shape index (κ2) is 8.58. The third-order valence-corrected chi connectivity index (χ3v) is 5.12. The molecule has 1 aliphatic heterocycles. The lowest BCUT2D eigenvalue weighted by Gasteiger charge is -2.14. The molecule has 3 aromatic carbocycles. The highest BCUT2D eigenvalue weighted by molar-refractivity contribution is 8.19. The van der Waals surface area contributed by atoms with Crippen LogP contribution in [0.1, 0.15) is 11.1 Å². The standard InChI is InChI=1S/C23H17N3O2S/c27-20-13-11-19(12-14-20)26-22(28)21(15-17-7-3-1-4-8-17)29-23(26)25-24-16-18-9-5-2-6-10-18/h1-16,27H/b21-15-,24-16+,25-23+. The van der Waals surface area contributed by atoms with E-state index in [1.54, 1.807) is 18.3 Å². The van der Waals surface area contributed by atoms with E-state index in [0.717, 1.165) is 11.1 Å². The average Bonchev–Trinajstić information content (AvgIpc) is 3.05. The molecule has 0 atom stereocenters. The minimum atomic E-state index is -0.182. The molecule has 1 fully saturated rings. The Balaban J connectivity index is 1.69. The van der Waals surface area contributed by atoms with Crippen LogP contribution in [0.15, 0.2) is 100 Å². The molecular weight excluding hydrogens is 382 g/mol. The Bertz CT molecular complexity index is 1090. The van der Waals surface area contributed by atoms with Gasteiger partial charge in [-0.05, 0) is 53.2 Å². The van der Waals surface area contributed by atoms with Crippen molar-refractivity contribution >= 4 is 40.8 Å². The molecule has 1 amide bonds. The molecule has 29 heavy (non-hydrogen) atoms. The Morgan fingerprint density at radius 2 is 1.45 bits per heavy atom. The predicted octanol–water partition coefficient (Wildman–Crippen LogP) is 4.90. The van der Waals surface area contributed by atoms with Crippen LogP contribution in [0, 0.1) is 0 Å². The second-order valence-electron chi connectivity index (χ2n) is 6.22. The van der Waals surface area contributed by atoms with Gasteiger partial charge in [-0.3, -0.25) is 9.69 Å². The van der Waals surface area contributed by atoms with Crippen molar-refractivity contribution in [1.29, 1.82) is 0 Å². The molecule has 5 nitrogen and oxygen atoms in total. The summed E-state index contributed by atoms with van der Waals surface area (Å²) in [5.74, 6) is -0.0492. The molecule has 6 heteroatoms. The fraction of sp³-hybridized carbons (Fsp3) is 0. The number of anilines is 1. The number of benzene rings is 3. The van der Waals surface area contributed by atoms with E-state index in [-0.39, 0.29) is 11.7 Å². The summed E-state index contributed by atoms with van der Waals surface area (Å²) in [4.78, 5) is 15.1. The smallest absolute Gasteiger partial charge is 0.271 e. The first-order valence-electron chi connectivity index (χ1n) is 8.95. The van der Waals surface area contributed by atoms with Gasteiger partial charge in [-0.15, -0.1) is 5.10 Å². The van der Waals surface area contributed by atoms with Gasteiger partial charge in [0.15, 0.2) is 0 Å². The Morgan fingerprint density at radius 3 is 2.10 bits per heavy atom. The molecule has 0 saturated carbocycles. The lowest BCUT2D eigenvalue weighted by molar-refractivity contribution is -0.113. The first kappa shape index (κ1) is 18.7. The molecule has 0 radical (unpaired) electrons.